The average Bonchev–Trinajstić information content (AvgIpc) is 2.78. The van der Waals surface area contributed by atoms with Crippen LogP contribution < -0.4 is 9.62 Å². The van der Waals surface area contributed by atoms with Gasteiger partial charge in [-0.2, -0.15) is 0 Å². The van der Waals surface area contributed by atoms with Crippen molar-refractivity contribution in [2.24, 2.45) is 0 Å². The van der Waals surface area contributed by atoms with E-state index in [2.05, 4.69) is 5.32 Å². The zero-order chi connectivity index (χ0) is 25.5. The van der Waals surface area contributed by atoms with Gasteiger partial charge in [-0.3, -0.25) is 13.9 Å². The molecule has 0 aliphatic carbocycles. The molecule has 7 nitrogen and oxygen atoms in total. The molecule has 0 aliphatic rings. The summed E-state index contributed by atoms with van der Waals surface area (Å²) in [5, 5.41) is 3.04. The van der Waals surface area contributed by atoms with E-state index >= 15 is 0 Å². The smallest absolute Gasteiger partial charge is 0.244 e. The lowest BCUT2D eigenvalue weighted by atomic mass is 10.1. The topological polar surface area (TPSA) is 86.8 Å². The molecule has 0 spiro atoms. The number of amides is 2. The molecular formula is C24H31Cl2N3O4S. The van der Waals surface area contributed by atoms with Crippen LogP contribution in [0.1, 0.15) is 37.8 Å². The highest BCUT2D eigenvalue weighted by Gasteiger charge is 2.32. The van der Waals surface area contributed by atoms with Crippen LogP contribution >= 0.6 is 23.2 Å². The first-order chi connectivity index (χ1) is 16.0. The number of benzene rings is 2. The van der Waals surface area contributed by atoms with Gasteiger partial charge in [-0.05, 0) is 37.5 Å². The molecule has 0 radical (unpaired) electrons. The predicted molar refractivity (Wildman–Crippen MR) is 138 cm³/mol. The fourth-order valence-corrected chi connectivity index (χ4v) is 4.76. The molecule has 2 aromatic carbocycles. The van der Waals surface area contributed by atoms with Crippen LogP contribution in [0.15, 0.2) is 42.5 Å². The monoisotopic (exact) mass is 527 g/mol. The van der Waals surface area contributed by atoms with Gasteiger partial charge >= 0.3 is 0 Å². The van der Waals surface area contributed by atoms with Crippen LogP contribution in [0.2, 0.25) is 10.0 Å². The van der Waals surface area contributed by atoms with Crippen molar-refractivity contribution >= 4 is 50.7 Å². The summed E-state index contributed by atoms with van der Waals surface area (Å²) in [4.78, 5) is 27.9. The van der Waals surface area contributed by atoms with E-state index in [9.17, 15) is 18.0 Å². The number of halogens is 2. The highest BCUT2D eigenvalue weighted by molar-refractivity contribution is 7.92. The Morgan fingerprint density at radius 3 is 2.26 bits per heavy atom. The molecular weight excluding hydrogens is 497 g/mol. The molecule has 34 heavy (non-hydrogen) atoms. The minimum atomic E-state index is -3.89. The Balaban J connectivity index is 2.46. The van der Waals surface area contributed by atoms with E-state index in [1.807, 2.05) is 45.0 Å². The first-order valence-corrected chi connectivity index (χ1v) is 13.6. The van der Waals surface area contributed by atoms with Crippen molar-refractivity contribution in [1.29, 1.82) is 0 Å². The van der Waals surface area contributed by atoms with Gasteiger partial charge in [0.25, 0.3) is 0 Å². The molecule has 0 aromatic heterocycles. The number of nitrogens with one attached hydrogen (secondary N) is 1. The van der Waals surface area contributed by atoms with Crippen LogP contribution in [-0.4, -0.2) is 50.5 Å². The van der Waals surface area contributed by atoms with Gasteiger partial charge in [0, 0.05) is 13.1 Å². The largest absolute Gasteiger partial charge is 0.354 e. The van der Waals surface area contributed by atoms with Crippen molar-refractivity contribution in [2.45, 2.75) is 46.2 Å². The molecule has 1 N–H and O–H groups in total. The van der Waals surface area contributed by atoms with Gasteiger partial charge in [0.1, 0.15) is 12.6 Å². The van der Waals surface area contributed by atoms with Crippen LogP contribution in [-0.2, 0) is 26.2 Å². The molecule has 2 amide bonds. The third-order valence-corrected chi connectivity index (χ3v) is 7.22. The number of nitrogens with zero attached hydrogens (tertiary/aromatic N) is 2. The van der Waals surface area contributed by atoms with Crippen LogP contribution in [0.5, 0.6) is 0 Å². The lowest BCUT2D eigenvalue weighted by Gasteiger charge is -2.33. The molecule has 0 bridgehead atoms. The number of aryl methyl sites for hydroxylation is 1. The molecule has 186 valence electrons. The van der Waals surface area contributed by atoms with Gasteiger partial charge in [0.05, 0.1) is 22.0 Å². The van der Waals surface area contributed by atoms with Crippen LogP contribution in [0.4, 0.5) is 5.69 Å². The van der Waals surface area contributed by atoms with E-state index < -0.39 is 28.5 Å². The fraction of sp³-hybridized carbons (Fsp3) is 0.417. The Morgan fingerprint density at radius 1 is 1.06 bits per heavy atom. The third-order valence-electron chi connectivity index (χ3n) is 5.29. The first-order valence-electron chi connectivity index (χ1n) is 11.0. The Hall–Kier alpha value is -2.29. The summed E-state index contributed by atoms with van der Waals surface area (Å²) in [5.74, 6) is -0.808. The van der Waals surface area contributed by atoms with Crippen molar-refractivity contribution < 1.29 is 18.0 Å². The maximum absolute atomic E-state index is 13.6. The van der Waals surface area contributed by atoms with Crippen molar-refractivity contribution in [3.05, 3.63) is 63.6 Å². The summed E-state index contributed by atoms with van der Waals surface area (Å²) < 4.78 is 26.2. The summed E-state index contributed by atoms with van der Waals surface area (Å²) in [6.07, 6.45) is 2.11. The Bertz CT molecular complexity index is 1110. The number of rotatable bonds is 11. The number of carbonyl (C=O) groups is 2. The second kappa shape index (κ2) is 12.4. The minimum absolute atomic E-state index is 0.0280. The second-order valence-corrected chi connectivity index (χ2v) is 10.8. The van der Waals surface area contributed by atoms with Crippen molar-refractivity contribution in [3.63, 3.8) is 0 Å². The molecule has 2 aromatic rings. The molecule has 0 fully saturated rings. The molecule has 0 saturated carbocycles. The number of carbonyl (C=O) groups excluding carboxylic acids is 2. The summed E-state index contributed by atoms with van der Waals surface area (Å²) >= 11 is 12.4. The predicted octanol–water partition coefficient (Wildman–Crippen LogP) is 4.40. The third kappa shape index (κ3) is 7.35. The second-order valence-electron chi connectivity index (χ2n) is 8.06. The van der Waals surface area contributed by atoms with Gasteiger partial charge in [-0.15, -0.1) is 0 Å². The molecule has 0 aliphatic heterocycles. The van der Waals surface area contributed by atoms with E-state index in [4.69, 9.17) is 23.2 Å². The van der Waals surface area contributed by atoms with Crippen molar-refractivity contribution in [2.75, 3.05) is 23.7 Å². The summed E-state index contributed by atoms with van der Waals surface area (Å²) in [5.41, 5.74) is 1.99. The van der Waals surface area contributed by atoms with Gasteiger partial charge in [-0.1, -0.05) is 72.9 Å². The van der Waals surface area contributed by atoms with Crippen LogP contribution in [0, 0.1) is 6.92 Å². The van der Waals surface area contributed by atoms with E-state index in [-0.39, 0.29) is 28.2 Å². The maximum Gasteiger partial charge on any atom is 0.244 e. The quantitative estimate of drug-likeness (QED) is 0.469. The van der Waals surface area contributed by atoms with Crippen LogP contribution in [0.3, 0.4) is 0 Å². The molecule has 10 heteroatoms. The summed E-state index contributed by atoms with van der Waals surface area (Å²) in [6, 6.07) is 11.4. The van der Waals surface area contributed by atoms with E-state index in [0.717, 1.165) is 28.1 Å². The van der Waals surface area contributed by atoms with Gasteiger partial charge in [0.15, 0.2) is 0 Å². The molecule has 2 rings (SSSR count). The summed E-state index contributed by atoms with van der Waals surface area (Å²) in [7, 11) is -3.89. The standard InChI is InChI=1S/C24H31Cl2N3O4S/c1-5-14-27-24(31)20(6-2)28(15-18-12-10-17(3)11-13-18)22(30)16-29(34(4,32)33)21-9-7-8-19(25)23(21)26/h7-13,20H,5-6,14-16H2,1-4H3,(H,27,31)/t20-/m0/s1. The highest BCUT2D eigenvalue weighted by atomic mass is 35.5. The summed E-state index contributed by atoms with van der Waals surface area (Å²) in [6.45, 7) is 5.82. The zero-order valence-electron chi connectivity index (χ0n) is 19.8. The van der Waals surface area contributed by atoms with Crippen molar-refractivity contribution in [3.8, 4) is 0 Å². The SMILES string of the molecule is CCCNC(=O)[C@H](CC)N(Cc1ccc(C)cc1)C(=O)CN(c1cccc(Cl)c1Cl)S(C)(=O)=O. The number of hydrogen-bond donors (Lipinski definition) is 1. The molecule has 0 unspecified atom stereocenters. The minimum Gasteiger partial charge on any atom is -0.354 e. The van der Waals surface area contributed by atoms with Crippen molar-refractivity contribution in [1.82, 2.24) is 10.2 Å². The van der Waals surface area contributed by atoms with Gasteiger partial charge in [-0.25, -0.2) is 8.42 Å². The Morgan fingerprint density at radius 2 is 1.71 bits per heavy atom. The zero-order valence-corrected chi connectivity index (χ0v) is 22.2. The molecule has 1 atom stereocenters. The highest BCUT2D eigenvalue weighted by Crippen LogP contribution is 2.33. The Labute approximate surface area is 212 Å². The van der Waals surface area contributed by atoms with E-state index in [1.165, 1.54) is 17.0 Å². The van der Waals surface area contributed by atoms with E-state index in [0.29, 0.717) is 13.0 Å². The first kappa shape index (κ1) is 28.0. The number of sulfonamides is 1. The fourth-order valence-electron chi connectivity index (χ4n) is 3.46. The molecule has 0 heterocycles. The maximum atomic E-state index is 13.6. The van der Waals surface area contributed by atoms with E-state index in [1.54, 1.807) is 6.07 Å². The lowest BCUT2D eigenvalue weighted by Crippen LogP contribution is -2.52. The normalized spacial score (nSPS) is 12.2. The van der Waals surface area contributed by atoms with Gasteiger partial charge < -0.3 is 10.2 Å². The average molecular weight is 529 g/mol. The molecule has 0 saturated heterocycles. The van der Waals surface area contributed by atoms with Crippen LogP contribution in [0.25, 0.3) is 0 Å². The Kier molecular flexibility index (Phi) is 10.2. The number of anilines is 1. The lowest BCUT2D eigenvalue weighted by molar-refractivity contribution is -0.140. The number of hydrogen-bond acceptors (Lipinski definition) is 4. The van der Waals surface area contributed by atoms with Gasteiger partial charge in [0.2, 0.25) is 21.8 Å².